The molecule has 1 unspecified atom stereocenters. The predicted octanol–water partition coefficient (Wildman–Crippen LogP) is 10.1. The van der Waals surface area contributed by atoms with Gasteiger partial charge in [0.2, 0.25) is 0 Å². The smallest absolute Gasteiger partial charge is 0.507 e. The number of hydrogen-bond acceptors (Lipinski definition) is 5. The predicted molar refractivity (Wildman–Crippen MR) is 191 cm³/mol. The Bertz CT molecular complexity index is 1970. The molecule has 0 aliphatic heterocycles. The van der Waals surface area contributed by atoms with Crippen molar-refractivity contribution < 1.29 is 37.8 Å². The molecule has 250 valence electrons. The zero-order valence-corrected chi connectivity index (χ0v) is 30.0. The fourth-order valence-corrected chi connectivity index (χ4v) is 8.49. The third-order valence-electron chi connectivity index (χ3n) is 8.77. The zero-order valence-electron chi connectivity index (χ0n) is 28.2. The first kappa shape index (κ1) is 35.3. The standard InChI is InChI=1S/C38H40O8P2/c1-21-13-9-14-22(2)29(21)33-35(31-25(5)17-11-18-26(31)6)38(45-48(43,44)46-47(40,41)42)36(32-27(7)19-12-20-28(32)8)34(37(33)39)30-23(3)15-10-16-24(30)4/h9-20,39H,1-8H3,(H,43,44)(H2,40,41,42). The molecule has 8 nitrogen and oxygen atoms in total. The van der Waals surface area contributed by atoms with E-state index >= 15 is 0 Å². The van der Waals surface area contributed by atoms with E-state index in [1.807, 2.05) is 128 Å². The molecule has 0 amide bonds. The number of rotatable bonds is 8. The summed E-state index contributed by atoms with van der Waals surface area (Å²) in [4.78, 5) is 30.4. The number of phosphoric acid groups is 2. The molecule has 5 aromatic carbocycles. The fraction of sp³-hybridized carbons (Fsp3) is 0.211. The fourth-order valence-electron chi connectivity index (χ4n) is 6.87. The van der Waals surface area contributed by atoms with E-state index in [0.717, 1.165) is 44.5 Å². The molecular formula is C38H40O8P2. The summed E-state index contributed by atoms with van der Waals surface area (Å²) >= 11 is 0. The Balaban J connectivity index is 2.21. The van der Waals surface area contributed by atoms with Gasteiger partial charge in [-0.2, -0.15) is 4.31 Å². The third-order valence-corrected chi connectivity index (χ3v) is 10.9. The van der Waals surface area contributed by atoms with Crippen molar-refractivity contribution in [2.24, 2.45) is 0 Å². The van der Waals surface area contributed by atoms with Gasteiger partial charge in [0.15, 0.2) is 0 Å². The molecule has 0 fully saturated rings. The normalized spacial score (nSPS) is 13.0. The van der Waals surface area contributed by atoms with Gasteiger partial charge >= 0.3 is 15.6 Å². The van der Waals surface area contributed by atoms with Crippen molar-refractivity contribution in [1.29, 1.82) is 0 Å². The lowest BCUT2D eigenvalue weighted by Gasteiger charge is -2.30. The average molecular weight is 687 g/mol. The van der Waals surface area contributed by atoms with Gasteiger partial charge in [0.25, 0.3) is 0 Å². The molecule has 0 bridgehead atoms. The highest BCUT2D eigenvalue weighted by atomic mass is 31.3. The largest absolute Gasteiger partial charge is 0.536 e. The molecular weight excluding hydrogens is 646 g/mol. The van der Waals surface area contributed by atoms with Gasteiger partial charge in [-0.15, -0.1) is 0 Å². The summed E-state index contributed by atoms with van der Waals surface area (Å²) in [7, 11) is -11.0. The van der Waals surface area contributed by atoms with Gasteiger partial charge in [-0.3, -0.25) is 4.89 Å². The van der Waals surface area contributed by atoms with Gasteiger partial charge < -0.3 is 19.4 Å². The number of phosphoric ester groups is 1. The maximum absolute atomic E-state index is 13.7. The van der Waals surface area contributed by atoms with Crippen LogP contribution in [0.4, 0.5) is 0 Å². The third kappa shape index (κ3) is 6.65. The molecule has 10 heteroatoms. The van der Waals surface area contributed by atoms with Gasteiger partial charge in [0, 0.05) is 22.3 Å². The molecule has 0 saturated carbocycles. The molecule has 1 atom stereocenters. The Kier molecular flexibility index (Phi) is 9.66. The Morgan fingerprint density at radius 1 is 0.438 bits per heavy atom. The maximum atomic E-state index is 13.7. The monoisotopic (exact) mass is 686 g/mol. The summed E-state index contributed by atoms with van der Waals surface area (Å²) in [6.45, 7) is 15.2. The van der Waals surface area contributed by atoms with Crippen LogP contribution in [-0.4, -0.2) is 19.8 Å². The van der Waals surface area contributed by atoms with E-state index in [1.54, 1.807) is 0 Å². The highest BCUT2D eigenvalue weighted by molar-refractivity contribution is 7.60. The van der Waals surface area contributed by atoms with Crippen LogP contribution in [0.25, 0.3) is 44.5 Å². The van der Waals surface area contributed by atoms with E-state index in [1.165, 1.54) is 0 Å². The van der Waals surface area contributed by atoms with Gasteiger partial charge in [0.1, 0.15) is 11.5 Å². The molecule has 0 saturated heterocycles. The number of aryl methyl sites for hydroxylation is 8. The quantitative estimate of drug-likeness (QED) is 0.119. The highest BCUT2D eigenvalue weighted by Crippen LogP contribution is 2.64. The van der Waals surface area contributed by atoms with Crippen LogP contribution in [0.5, 0.6) is 11.5 Å². The summed E-state index contributed by atoms with van der Waals surface area (Å²) < 4.78 is 36.1. The molecule has 0 spiro atoms. The molecule has 5 aromatic rings. The van der Waals surface area contributed by atoms with E-state index in [2.05, 4.69) is 4.31 Å². The van der Waals surface area contributed by atoms with E-state index in [0.29, 0.717) is 33.4 Å². The van der Waals surface area contributed by atoms with E-state index < -0.39 is 15.6 Å². The van der Waals surface area contributed by atoms with Crippen molar-refractivity contribution in [2.45, 2.75) is 55.4 Å². The molecule has 0 aliphatic carbocycles. The SMILES string of the molecule is Cc1cccc(C)c1-c1c(O)c(-c2c(C)cccc2C)c(-c2c(C)cccc2C)c(OP(=O)(O)OP(=O)(O)O)c1-c1c(C)cccc1C. The molecule has 4 N–H and O–H groups in total. The maximum Gasteiger partial charge on any atom is 0.536 e. The van der Waals surface area contributed by atoms with Crippen LogP contribution in [0.2, 0.25) is 0 Å². The van der Waals surface area contributed by atoms with Crippen LogP contribution >= 0.6 is 15.6 Å². The summed E-state index contributed by atoms with van der Waals surface area (Å²) in [6, 6.07) is 22.8. The Morgan fingerprint density at radius 2 is 0.688 bits per heavy atom. The minimum Gasteiger partial charge on any atom is -0.507 e. The second-order valence-corrected chi connectivity index (χ2v) is 15.1. The second-order valence-electron chi connectivity index (χ2n) is 12.4. The highest BCUT2D eigenvalue weighted by Gasteiger charge is 2.39. The van der Waals surface area contributed by atoms with Gasteiger partial charge in [-0.1, -0.05) is 72.8 Å². The van der Waals surface area contributed by atoms with Crippen LogP contribution < -0.4 is 4.52 Å². The Labute approximate surface area is 281 Å². The average Bonchev–Trinajstić information content (AvgIpc) is 2.95. The van der Waals surface area contributed by atoms with Crippen molar-refractivity contribution in [3.8, 4) is 56.0 Å². The summed E-state index contributed by atoms with van der Waals surface area (Å²) in [5.41, 5.74) is 10.3. The van der Waals surface area contributed by atoms with E-state index in [9.17, 15) is 28.9 Å². The molecule has 0 radical (unpaired) electrons. The summed E-state index contributed by atoms with van der Waals surface area (Å²) in [6.07, 6.45) is 0. The van der Waals surface area contributed by atoms with E-state index in [4.69, 9.17) is 4.52 Å². The van der Waals surface area contributed by atoms with Crippen molar-refractivity contribution >= 4 is 15.6 Å². The molecule has 0 aliphatic rings. The number of benzene rings is 5. The minimum absolute atomic E-state index is 0.0730. The molecule has 5 rings (SSSR count). The summed E-state index contributed by atoms with van der Waals surface area (Å²) in [5, 5.41) is 12.9. The van der Waals surface area contributed by atoms with Crippen LogP contribution in [0.1, 0.15) is 44.5 Å². The van der Waals surface area contributed by atoms with Gasteiger partial charge in [0.05, 0.1) is 0 Å². The van der Waals surface area contributed by atoms with Gasteiger partial charge in [-0.25, -0.2) is 9.13 Å². The van der Waals surface area contributed by atoms with Crippen molar-refractivity contribution in [3.63, 3.8) is 0 Å². The van der Waals surface area contributed by atoms with Crippen molar-refractivity contribution in [1.82, 2.24) is 0 Å². The van der Waals surface area contributed by atoms with Gasteiger partial charge in [-0.05, 0) is 122 Å². The topological polar surface area (TPSA) is 134 Å². The second kappa shape index (κ2) is 13.1. The Morgan fingerprint density at radius 3 is 0.938 bits per heavy atom. The number of hydrogen-bond donors (Lipinski definition) is 4. The van der Waals surface area contributed by atoms with Crippen LogP contribution in [-0.2, 0) is 13.4 Å². The van der Waals surface area contributed by atoms with E-state index in [-0.39, 0.29) is 22.6 Å². The first-order valence-corrected chi connectivity index (χ1v) is 18.4. The Hall–Kier alpha value is -4.00. The lowest BCUT2D eigenvalue weighted by molar-refractivity contribution is 0.230. The first-order valence-electron chi connectivity index (χ1n) is 15.4. The number of aromatic hydroxyl groups is 1. The molecule has 48 heavy (non-hydrogen) atoms. The van der Waals surface area contributed by atoms with Crippen molar-refractivity contribution in [2.75, 3.05) is 0 Å². The summed E-state index contributed by atoms with van der Waals surface area (Å²) in [5.74, 6) is -0.228. The minimum atomic E-state index is -5.52. The van der Waals surface area contributed by atoms with Crippen LogP contribution in [0, 0.1) is 55.4 Å². The van der Waals surface area contributed by atoms with Crippen LogP contribution in [0.3, 0.4) is 0 Å². The van der Waals surface area contributed by atoms with Crippen LogP contribution in [0.15, 0.2) is 72.8 Å². The lowest BCUT2D eigenvalue weighted by atomic mass is 9.77. The zero-order chi connectivity index (χ0) is 35.3. The van der Waals surface area contributed by atoms with Crippen molar-refractivity contribution in [3.05, 3.63) is 117 Å². The number of phenolic OH excluding ortho intramolecular Hbond substituents is 1. The number of phenols is 1. The molecule has 0 heterocycles. The molecule has 0 aromatic heterocycles. The first-order chi connectivity index (χ1) is 22.4. The lowest BCUT2D eigenvalue weighted by Crippen LogP contribution is -2.07.